The molecule has 0 radical (unpaired) electrons. The summed E-state index contributed by atoms with van der Waals surface area (Å²) in [5.41, 5.74) is 0. The summed E-state index contributed by atoms with van der Waals surface area (Å²) in [6.07, 6.45) is 9.49. The van der Waals surface area contributed by atoms with E-state index in [1.165, 1.54) is 32.1 Å². The Balaban J connectivity index is 2.15. The van der Waals surface area contributed by atoms with E-state index in [1.807, 2.05) is 6.92 Å². The quantitative estimate of drug-likeness (QED) is 0.695. The number of amides is 1. The molecule has 0 aromatic rings. The average molecular weight is 274 g/mol. The summed E-state index contributed by atoms with van der Waals surface area (Å²) in [4.78, 5) is 11.9. The highest BCUT2D eigenvalue weighted by atomic mass is 35.5. The number of unbranched alkanes of at least 4 members (excludes halogenated alkanes) is 1. The fourth-order valence-electron chi connectivity index (χ4n) is 2.74. The van der Waals surface area contributed by atoms with E-state index >= 15 is 0 Å². The Hall–Kier alpha value is -0.240. The summed E-state index contributed by atoms with van der Waals surface area (Å²) in [5.74, 6) is 1.38. The first-order valence-electron chi connectivity index (χ1n) is 7.55. The van der Waals surface area contributed by atoms with Gasteiger partial charge in [-0.3, -0.25) is 4.79 Å². The lowest BCUT2D eigenvalue weighted by Crippen LogP contribution is -2.34. The third-order valence-corrected chi connectivity index (χ3v) is 4.24. The molecule has 1 atom stereocenters. The molecule has 3 heteroatoms. The van der Waals surface area contributed by atoms with Crippen molar-refractivity contribution < 1.29 is 4.79 Å². The highest BCUT2D eigenvalue weighted by molar-refractivity contribution is 6.20. The topological polar surface area (TPSA) is 29.1 Å². The van der Waals surface area contributed by atoms with Gasteiger partial charge in [0.25, 0.3) is 0 Å². The predicted molar refractivity (Wildman–Crippen MR) is 77.9 cm³/mol. The standard InChI is InChI=1S/C15H28ClNO/c1-3-4-5-13-6-8-14(9-7-13)15(18)17-11-10-12(2)16/h12-14H,3-11H2,1-2H3,(H,17,18). The summed E-state index contributed by atoms with van der Waals surface area (Å²) in [6.45, 7) is 4.93. The Kier molecular flexibility index (Phi) is 7.73. The Morgan fingerprint density at radius 3 is 2.56 bits per heavy atom. The Labute approximate surface area is 117 Å². The van der Waals surface area contributed by atoms with Gasteiger partial charge in [0.05, 0.1) is 0 Å². The molecule has 106 valence electrons. The zero-order chi connectivity index (χ0) is 13.4. The maximum absolute atomic E-state index is 11.9. The molecule has 1 N–H and O–H groups in total. The molecular formula is C15H28ClNO. The maximum Gasteiger partial charge on any atom is 0.223 e. The van der Waals surface area contributed by atoms with Crippen LogP contribution in [0.3, 0.4) is 0 Å². The van der Waals surface area contributed by atoms with Gasteiger partial charge in [0.1, 0.15) is 0 Å². The van der Waals surface area contributed by atoms with Crippen LogP contribution >= 0.6 is 11.6 Å². The summed E-state index contributed by atoms with van der Waals surface area (Å²) in [5, 5.41) is 3.17. The molecule has 18 heavy (non-hydrogen) atoms. The summed E-state index contributed by atoms with van der Waals surface area (Å²) in [6, 6.07) is 0. The molecule has 1 saturated carbocycles. The Bertz CT molecular complexity index is 235. The van der Waals surface area contributed by atoms with Crippen LogP contribution in [0.5, 0.6) is 0 Å². The Morgan fingerprint density at radius 1 is 1.33 bits per heavy atom. The molecule has 0 spiro atoms. The van der Waals surface area contributed by atoms with Gasteiger partial charge in [-0.15, -0.1) is 11.6 Å². The summed E-state index contributed by atoms with van der Waals surface area (Å²) in [7, 11) is 0. The molecule has 1 rings (SSSR count). The lowest BCUT2D eigenvalue weighted by atomic mass is 9.79. The van der Waals surface area contributed by atoms with Crippen molar-refractivity contribution in [1.82, 2.24) is 5.32 Å². The van der Waals surface area contributed by atoms with Crippen molar-refractivity contribution in [2.24, 2.45) is 11.8 Å². The molecule has 0 heterocycles. The van der Waals surface area contributed by atoms with E-state index < -0.39 is 0 Å². The third kappa shape index (κ3) is 6.08. The van der Waals surface area contributed by atoms with Crippen LogP contribution in [-0.2, 0) is 4.79 Å². The van der Waals surface area contributed by atoms with Crippen LogP contribution in [-0.4, -0.2) is 17.8 Å². The summed E-state index contributed by atoms with van der Waals surface area (Å²) >= 11 is 5.86. The number of halogens is 1. The van der Waals surface area contributed by atoms with Crippen molar-refractivity contribution in [2.75, 3.05) is 6.54 Å². The first-order valence-corrected chi connectivity index (χ1v) is 7.98. The maximum atomic E-state index is 11.9. The van der Waals surface area contributed by atoms with Crippen LogP contribution in [0.25, 0.3) is 0 Å². The number of alkyl halides is 1. The van der Waals surface area contributed by atoms with Crippen molar-refractivity contribution in [3.8, 4) is 0 Å². The molecule has 1 amide bonds. The smallest absolute Gasteiger partial charge is 0.223 e. The van der Waals surface area contributed by atoms with Crippen molar-refractivity contribution in [1.29, 1.82) is 0 Å². The van der Waals surface area contributed by atoms with Crippen LogP contribution in [0.1, 0.15) is 65.2 Å². The molecule has 1 aliphatic carbocycles. The second kappa shape index (κ2) is 8.79. The number of carbonyl (C=O) groups excluding carboxylic acids is 1. The van der Waals surface area contributed by atoms with Gasteiger partial charge in [0.15, 0.2) is 0 Å². The largest absolute Gasteiger partial charge is 0.356 e. The molecule has 0 aliphatic heterocycles. The van der Waals surface area contributed by atoms with Gasteiger partial charge in [-0.2, -0.15) is 0 Å². The number of hydrogen-bond acceptors (Lipinski definition) is 1. The molecule has 0 bridgehead atoms. The minimum absolute atomic E-state index is 0.148. The fourth-order valence-corrected chi connectivity index (χ4v) is 2.85. The summed E-state index contributed by atoms with van der Waals surface area (Å²) < 4.78 is 0. The van der Waals surface area contributed by atoms with Gasteiger partial charge >= 0.3 is 0 Å². The van der Waals surface area contributed by atoms with Crippen LogP contribution in [0, 0.1) is 11.8 Å². The minimum atomic E-state index is 0.148. The first kappa shape index (κ1) is 15.8. The third-order valence-electron chi connectivity index (χ3n) is 4.02. The van der Waals surface area contributed by atoms with Gasteiger partial charge in [0, 0.05) is 17.8 Å². The highest BCUT2D eigenvalue weighted by Crippen LogP contribution is 2.31. The van der Waals surface area contributed by atoms with E-state index in [0.29, 0.717) is 0 Å². The molecule has 1 aliphatic rings. The zero-order valence-corrected chi connectivity index (χ0v) is 12.6. The monoisotopic (exact) mass is 273 g/mol. The number of rotatable bonds is 7. The average Bonchev–Trinajstić information content (AvgIpc) is 2.36. The van der Waals surface area contributed by atoms with Gasteiger partial charge in [-0.25, -0.2) is 0 Å². The molecular weight excluding hydrogens is 246 g/mol. The van der Waals surface area contributed by atoms with E-state index in [-0.39, 0.29) is 17.2 Å². The van der Waals surface area contributed by atoms with E-state index in [0.717, 1.165) is 31.7 Å². The number of nitrogens with one attached hydrogen (secondary N) is 1. The van der Waals surface area contributed by atoms with Crippen LogP contribution in [0.15, 0.2) is 0 Å². The number of carbonyl (C=O) groups is 1. The molecule has 0 saturated heterocycles. The van der Waals surface area contributed by atoms with E-state index in [4.69, 9.17) is 11.6 Å². The fraction of sp³-hybridized carbons (Fsp3) is 0.933. The molecule has 1 unspecified atom stereocenters. The van der Waals surface area contributed by atoms with Gasteiger partial charge in [-0.05, 0) is 44.9 Å². The van der Waals surface area contributed by atoms with E-state index in [2.05, 4.69) is 12.2 Å². The SMILES string of the molecule is CCCCC1CCC(C(=O)NCCC(C)Cl)CC1. The first-order chi connectivity index (χ1) is 8.63. The lowest BCUT2D eigenvalue weighted by Gasteiger charge is -2.27. The van der Waals surface area contributed by atoms with Crippen molar-refractivity contribution in [3.05, 3.63) is 0 Å². The van der Waals surface area contributed by atoms with Crippen LogP contribution in [0.2, 0.25) is 0 Å². The molecule has 0 aromatic carbocycles. The van der Waals surface area contributed by atoms with Crippen molar-refractivity contribution in [3.63, 3.8) is 0 Å². The molecule has 0 aromatic heterocycles. The zero-order valence-electron chi connectivity index (χ0n) is 11.9. The predicted octanol–water partition coefficient (Wildman–Crippen LogP) is 4.12. The van der Waals surface area contributed by atoms with Gasteiger partial charge in [-0.1, -0.05) is 26.2 Å². The highest BCUT2D eigenvalue weighted by Gasteiger charge is 2.25. The molecule has 2 nitrogen and oxygen atoms in total. The normalized spacial score (nSPS) is 25.7. The second-order valence-corrected chi connectivity index (χ2v) is 6.47. The van der Waals surface area contributed by atoms with Crippen molar-refractivity contribution in [2.45, 2.75) is 70.6 Å². The second-order valence-electron chi connectivity index (χ2n) is 5.72. The molecule has 1 fully saturated rings. The van der Waals surface area contributed by atoms with Crippen LogP contribution in [0.4, 0.5) is 0 Å². The van der Waals surface area contributed by atoms with Gasteiger partial charge in [0.2, 0.25) is 5.91 Å². The lowest BCUT2D eigenvalue weighted by molar-refractivity contribution is -0.126. The van der Waals surface area contributed by atoms with Crippen molar-refractivity contribution >= 4 is 17.5 Å². The van der Waals surface area contributed by atoms with E-state index in [1.54, 1.807) is 0 Å². The Morgan fingerprint density at radius 2 is 2.00 bits per heavy atom. The number of hydrogen-bond donors (Lipinski definition) is 1. The minimum Gasteiger partial charge on any atom is -0.356 e. The van der Waals surface area contributed by atoms with Crippen LogP contribution < -0.4 is 5.32 Å². The van der Waals surface area contributed by atoms with Gasteiger partial charge < -0.3 is 5.32 Å². The van der Waals surface area contributed by atoms with E-state index in [9.17, 15) is 4.79 Å².